The number of thiophene rings is 1. The Hall–Kier alpha value is -1.89. The lowest BCUT2D eigenvalue weighted by Gasteiger charge is -2.33. The molecule has 6 nitrogen and oxygen atoms in total. The van der Waals surface area contributed by atoms with Crippen molar-refractivity contribution in [3.05, 3.63) is 16.0 Å². The summed E-state index contributed by atoms with van der Waals surface area (Å²) in [4.78, 5) is 40.8. The molecule has 7 heteroatoms. The predicted octanol–water partition coefficient (Wildman–Crippen LogP) is 3.09. The van der Waals surface area contributed by atoms with E-state index in [2.05, 4.69) is 5.32 Å². The second-order valence-electron chi connectivity index (χ2n) is 8.37. The van der Waals surface area contributed by atoms with Crippen LogP contribution in [0.2, 0.25) is 0 Å². The molecular formula is C21H29N3O3S. The van der Waals surface area contributed by atoms with E-state index >= 15 is 0 Å². The zero-order valence-electron chi connectivity index (χ0n) is 16.3. The summed E-state index contributed by atoms with van der Waals surface area (Å²) in [5.74, 6) is -0.410. The molecule has 0 radical (unpaired) electrons. The Bertz CT molecular complexity index is 782. The number of amides is 3. The van der Waals surface area contributed by atoms with Gasteiger partial charge in [-0.05, 0) is 56.9 Å². The molecule has 28 heavy (non-hydrogen) atoms. The summed E-state index contributed by atoms with van der Waals surface area (Å²) in [7, 11) is 0. The highest BCUT2D eigenvalue weighted by Crippen LogP contribution is 2.38. The number of primary amides is 1. The molecule has 0 bridgehead atoms. The number of anilines is 1. The number of likely N-dealkylation sites (tertiary alicyclic amines) is 1. The minimum absolute atomic E-state index is 0.0926. The van der Waals surface area contributed by atoms with E-state index in [9.17, 15) is 14.4 Å². The molecule has 1 saturated carbocycles. The summed E-state index contributed by atoms with van der Waals surface area (Å²) in [5, 5.41) is 3.59. The topological polar surface area (TPSA) is 92.5 Å². The zero-order valence-corrected chi connectivity index (χ0v) is 17.1. The molecule has 1 aliphatic heterocycles. The summed E-state index contributed by atoms with van der Waals surface area (Å²) >= 11 is 1.50. The van der Waals surface area contributed by atoms with Gasteiger partial charge in [0.2, 0.25) is 11.8 Å². The summed E-state index contributed by atoms with van der Waals surface area (Å²) in [6.07, 6.45) is 9.82. The van der Waals surface area contributed by atoms with Gasteiger partial charge in [-0.25, -0.2) is 0 Å². The summed E-state index contributed by atoms with van der Waals surface area (Å²) in [6.45, 7) is 1.23. The van der Waals surface area contributed by atoms with Gasteiger partial charge in [0.1, 0.15) is 5.00 Å². The minimum Gasteiger partial charge on any atom is -0.365 e. The van der Waals surface area contributed by atoms with Crippen LogP contribution >= 0.6 is 11.3 Å². The maximum Gasteiger partial charge on any atom is 0.251 e. The summed E-state index contributed by atoms with van der Waals surface area (Å²) in [6, 6.07) is 0. The highest BCUT2D eigenvalue weighted by Gasteiger charge is 2.34. The number of hydrogen-bond acceptors (Lipinski definition) is 4. The number of nitrogens with two attached hydrogens (primary N) is 1. The third kappa shape index (κ3) is 3.81. The summed E-state index contributed by atoms with van der Waals surface area (Å²) < 4.78 is 0. The number of hydrogen-bond donors (Lipinski definition) is 2. The largest absolute Gasteiger partial charge is 0.365 e. The van der Waals surface area contributed by atoms with Crippen molar-refractivity contribution < 1.29 is 14.4 Å². The Kier molecular flexibility index (Phi) is 5.71. The maximum absolute atomic E-state index is 13.0. The third-order valence-corrected chi connectivity index (χ3v) is 7.67. The fourth-order valence-corrected chi connectivity index (χ4v) is 6.25. The number of piperidine rings is 1. The quantitative estimate of drug-likeness (QED) is 0.809. The molecule has 4 rings (SSSR count). The van der Waals surface area contributed by atoms with Crippen LogP contribution in [0.15, 0.2) is 0 Å². The number of nitrogens with zero attached hydrogens (tertiary/aromatic N) is 1. The van der Waals surface area contributed by atoms with Crippen LogP contribution in [-0.4, -0.2) is 35.7 Å². The van der Waals surface area contributed by atoms with Crippen LogP contribution in [0, 0.1) is 11.8 Å². The number of carbonyl (C=O) groups is 3. The average Bonchev–Trinajstić information content (AvgIpc) is 3.35. The Morgan fingerprint density at radius 2 is 1.68 bits per heavy atom. The van der Waals surface area contributed by atoms with Gasteiger partial charge in [-0.1, -0.05) is 12.8 Å². The molecule has 2 aliphatic carbocycles. The Morgan fingerprint density at radius 3 is 2.43 bits per heavy atom. The first-order chi connectivity index (χ1) is 13.5. The van der Waals surface area contributed by atoms with Crippen molar-refractivity contribution in [2.75, 3.05) is 18.4 Å². The standard InChI is InChI=1S/C21H29N3O3S/c22-18(25)17-15-9-3-4-10-16(15)28-20(17)23-19(26)14-8-5-11-24(12-14)21(27)13-6-1-2-7-13/h13-14H,1-12H2,(H2,22,25)(H,23,26)/t14-/m1/s1. The van der Waals surface area contributed by atoms with Gasteiger partial charge in [-0.15, -0.1) is 11.3 Å². The number of fused-ring (bicyclic) bond motifs is 1. The zero-order chi connectivity index (χ0) is 19.7. The number of aryl methyl sites for hydroxylation is 1. The molecule has 1 saturated heterocycles. The molecule has 1 aromatic heterocycles. The Morgan fingerprint density at radius 1 is 0.964 bits per heavy atom. The fraction of sp³-hybridized carbons (Fsp3) is 0.667. The van der Waals surface area contributed by atoms with Gasteiger partial charge >= 0.3 is 0 Å². The highest BCUT2D eigenvalue weighted by atomic mass is 32.1. The third-order valence-electron chi connectivity index (χ3n) is 6.46. The average molecular weight is 404 g/mol. The first-order valence-corrected chi connectivity index (χ1v) is 11.4. The van der Waals surface area contributed by atoms with Crippen LogP contribution in [0.25, 0.3) is 0 Å². The van der Waals surface area contributed by atoms with Crippen molar-refractivity contribution in [3.8, 4) is 0 Å². The van der Waals surface area contributed by atoms with Crippen LogP contribution in [0.4, 0.5) is 5.00 Å². The number of carbonyl (C=O) groups excluding carboxylic acids is 3. The van der Waals surface area contributed by atoms with Gasteiger partial charge in [0.15, 0.2) is 0 Å². The molecule has 3 amide bonds. The van der Waals surface area contributed by atoms with E-state index in [-0.39, 0.29) is 23.7 Å². The van der Waals surface area contributed by atoms with Crippen molar-refractivity contribution in [1.29, 1.82) is 0 Å². The predicted molar refractivity (Wildman–Crippen MR) is 109 cm³/mol. The molecule has 2 fully saturated rings. The number of rotatable bonds is 4. The lowest BCUT2D eigenvalue weighted by molar-refractivity contribution is -0.138. The van der Waals surface area contributed by atoms with Gasteiger partial charge in [-0.2, -0.15) is 0 Å². The van der Waals surface area contributed by atoms with Crippen molar-refractivity contribution >= 4 is 34.1 Å². The van der Waals surface area contributed by atoms with Crippen molar-refractivity contribution in [2.24, 2.45) is 17.6 Å². The van der Waals surface area contributed by atoms with Crippen molar-refractivity contribution in [1.82, 2.24) is 4.90 Å². The van der Waals surface area contributed by atoms with E-state index in [4.69, 9.17) is 5.73 Å². The van der Waals surface area contributed by atoms with Gasteiger partial charge in [0, 0.05) is 23.9 Å². The van der Waals surface area contributed by atoms with Gasteiger partial charge < -0.3 is 16.0 Å². The molecule has 0 unspecified atom stereocenters. The first kappa shape index (κ1) is 19.4. The second kappa shape index (κ2) is 8.23. The normalized spacial score (nSPS) is 22.7. The molecular weight excluding hydrogens is 374 g/mol. The van der Waals surface area contributed by atoms with E-state index in [0.29, 0.717) is 17.1 Å². The smallest absolute Gasteiger partial charge is 0.251 e. The number of nitrogens with one attached hydrogen (secondary N) is 1. The molecule has 2 heterocycles. The van der Waals surface area contributed by atoms with E-state index in [0.717, 1.165) is 76.3 Å². The van der Waals surface area contributed by atoms with Crippen molar-refractivity contribution in [2.45, 2.75) is 64.2 Å². The lowest BCUT2D eigenvalue weighted by atomic mass is 9.94. The summed E-state index contributed by atoms with van der Waals surface area (Å²) in [5.41, 5.74) is 7.16. The van der Waals surface area contributed by atoms with E-state index in [1.54, 1.807) is 0 Å². The molecule has 1 atom stereocenters. The SMILES string of the molecule is NC(=O)c1c(NC(=O)[C@@H]2CCCN(C(=O)C3CCCC3)C2)sc2c1CCCC2. The van der Waals surface area contributed by atoms with Crippen LogP contribution < -0.4 is 11.1 Å². The van der Waals surface area contributed by atoms with Crippen LogP contribution in [-0.2, 0) is 22.4 Å². The Balaban J connectivity index is 1.45. The van der Waals surface area contributed by atoms with Gasteiger partial charge in [0.05, 0.1) is 11.5 Å². The molecule has 1 aromatic rings. The molecule has 3 N–H and O–H groups in total. The van der Waals surface area contributed by atoms with Gasteiger partial charge in [0.25, 0.3) is 5.91 Å². The van der Waals surface area contributed by atoms with Crippen molar-refractivity contribution in [3.63, 3.8) is 0 Å². The van der Waals surface area contributed by atoms with E-state index < -0.39 is 5.91 Å². The molecule has 152 valence electrons. The molecule has 3 aliphatic rings. The first-order valence-electron chi connectivity index (χ1n) is 10.6. The Labute approximate surface area is 169 Å². The van der Waals surface area contributed by atoms with E-state index in [1.165, 1.54) is 16.2 Å². The fourth-order valence-electron chi connectivity index (χ4n) is 4.95. The van der Waals surface area contributed by atoms with Crippen LogP contribution in [0.1, 0.15) is 72.2 Å². The minimum atomic E-state index is -0.462. The van der Waals surface area contributed by atoms with Gasteiger partial charge in [-0.3, -0.25) is 14.4 Å². The van der Waals surface area contributed by atoms with Crippen LogP contribution in [0.5, 0.6) is 0 Å². The highest BCUT2D eigenvalue weighted by molar-refractivity contribution is 7.17. The second-order valence-corrected chi connectivity index (χ2v) is 9.48. The maximum atomic E-state index is 13.0. The molecule has 0 aromatic carbocycles. The van der Waals surface area contributed by atoms with E-state index in [1.807, 2.05) is 4.90 Å². The monoisotopic (exact) mass is 403 g/mol. The van der Waals surface area contributed by atoms with Crippen LogP contribution in [0.3, 0.4) is 0 Å². The molecule has 0 spiro atoms. The lowest BCUT2D eigenvalue weighted by Crippen LogP contribution is -2.45.